The molecule has 0 saturated heterocycles. The van der Waals surface area contributed by atoms with Crippen LogP contribution < -0.4 is 4.90 Å². The highest BCUT2D eigenvalue weighted by Crippen LogP contribution is 2.41. The van der Waals surface area contributed by atoms with Gasteiger partial charge in [0.05, 0.1) is 0 Å². The lowest BCUT2D eigenvalue weighted by Gasteiger charge is -2.26. The summed E-state index contributed by atoms with van der Waals surface area (Å²) in [6.45, 7) is 0. The molecule has 0 aliphatic rings. The summed E-state index contributed by atoms with van der Waals surface area (Å²) in [4.78, 5) is 2.32. The Kier molecular flexibility index (Phi) is 7.18. The summed E-state index contributed by atoms with van der Waals surface area (Å²) in [6.07, 6.45) is 0. The molecule has 10 aromatic rings. The zero-order valence-corrected chi connectivity index (χ0v) is 28.4. The highest BCUT2D eigenvalue weighted by Gasteiger charge is 2.17. The molecule has 0 spiro atoms. The first-order valence-corrected chi connectivity index (χ1v) is 17.8. The van der Waals surface area contributed by atoms with Crippen LogP contribution in [0.3, 0.4) is 0 Å². The van der Waals surface area contributed by atoms with Crippen molar-refractivity contribution in [2.75, 3.05) is 4.90 Å². The summed E-state index contributed by atoms with van der Waals surface area (Å²) >= 11 is 0. The molecule has 244 valence electrons. The number of hydrogen-bond acceptors (Lipinski definition) is 2. The monoisotopic (exact) mass is 663 g/mol. The number of fused-ring (bicyclic) bond motifs is 7. The van der Waals surface area contributed by atoms with E-state index in [4.69, 9.17) is 4.42 Å². The van der Waals surface area contributed by atoms with Gasteiger partial charge in [0, 0.05) is 33.4 Å². The van der Waals surface area contributed by atoms with E-state index in [9.17, 15) is 0 Å². The zero-order valence-electron chi connectivity index (χ0n) is 28.4. The molecule has 0 saturated carbocycles. The van der Waals surface area contributed by atoms with Crippen molar-refractivity contribution in [3.8, 4) is 33.6 Å². The average molecular weight is 664 g/mol. The molecule has 0 aliphatic heterocycles. The lowest BCUT2D eigenvalue weighted by atomic mass is 9.98. The van der Waals surface area contributed by atoms with Gasteiger partial charge in [-0.25, -0.2) is 0 Å². The van der Waals surface area contributed by atoms with Crippen molar-refractivity contribution in [1.29, 1.82) is 0 Å². The topological polar surface area (TPSA) is 16.4 Å². The van der Waals surface area contributed by atoms with Gasteiger partial charge in [0.1, 0.15) is 11.3 Å². The molecule has 0 bridgehead atoms. The maximum Gasteiger partial charge on any atom is 0.143 e. The molecule has 2 nitrogen and oxygen atoms in total. The minimum atomic E-state index is 0.863. The molecular formula is C50H33NO. The van der Waals surface area contributed by atoms with Crippen LogP contribution in [0.2, 0.25) is 0 Å². The summed E-state index contributed by atoms with van der Waals surface area (Å²) in [7, 11) is 0. The van der Waals surface area contributed by atoms with E-state index in [1.54, 1.807) is 0 Å². The minimum absolute atomic E-state index is 0.863. The minimum Gasteiger partial charge on any atom is -0.455 e. The number of rotatable bonds is 6. The molecule has 10 rings (SSSR count). The molecule has 52 heavy (non-hydrogen) atoms. The third-order valence-corrected chi connectivity index (χ3v) is 10.3. The Morgan fingerprint density at radius 1 is 0.288 bits per heavy atom. The van der Waals surface area contributed by atoms with Gasteiger partial charge < -0.3 is 9.32 Å². The molecule has 0 atom stereocenters. The van der Waals surface area contributed by atoms with Crippen molar-refractivity contribution in [3.05, 3.63) is 200 Å². The van der Waals surface area contributed by atoms with Gasteiger partial charge in [-0.05, 0) is 110 Å². The van der Waals surface area contributed by atoms with Gasteiger partial charge in [-0.3, -0.25) is 0 Å². The molecule has 0 fully saturated rings. The standard InChI is InChI=1S/C50H33NO/c1-2-10-34(11-3-1)36-20-26-41(27-21-36)51(42-28-22-37(23-29-42)40-19-18-35-12-4-5-13-39(35)32-40)43-30-24-38(25-31-43)49-33-48-46-16-7-6-14-44(46)45-15-8-9-17-47(45)50(48)52-49/h1-33H. The van der Waals surface area contributed by atoms with Crippen molar-refractivity contribution in [2.24, 2.45) is 0 Å². The van der Waals surface area contributed by atoms with E-state index in [2.05, 4.69) is 205 Å². The van der Waals surface area contributed by atoms with Gasteiger partial charge in [-0.15, -0.1) is 0 Å². The third-order valence-electron chi connectivity index (χ3n) is 10.3. The molecule has 0 aliphatic carbocycles. The molecule has 9 aromatic carbocycles. The molecule has 0 amide bonds. The van der Waals surface area contributed by atoms with Crippen LogP contribution in [0.15, 0.2) is 205 Å². The second-order valence-corrected chi connectivity index (χ2v) is 13.3. The number of nitrogens with zero attached hydrogens (tertiary/aromatic N) is 1. The van der Waals surface area contributed by atoms with Crippen LogP contribution in [0.5, 0.6) is 0 Å². The Bertz CT molecular complexity index is 2800. The Morgan fingerprint density at radius 3 is 1.37 bits per heavy atom. The van der Waals surface area contributed by atoms with Gasteiger partial charge in [-0.1, -0.05) is 140 Å². The SMILES string of the molecule is c1ccc(-c2ccc(N(c3ccc(-c4ccc5ccccc5c4)cc3)c3ccc(-c4cc5c6ccccc6c6ccccc6c5o4)cc3)cc2)cc1. The van der Waals surface area contributed by atoms with Crippen molar-refractivity contribution in [2.45, 2.75) is 0 Å². The fourth-order valence-corrected chi connectivity index (χ4v) is 7.63. The lowest BCUT2D eigenvalue weighted by Crippen LogP contribution is -2.09. The summed E-state index contributed by atoms with van der Waals surface area (Å²) in [5.41, 5.74) is 10.0. The van der Waals surface area contributed by atoms with Crippen LogP contribution in [0.1, 0.15) is 0 Å². The van der Waals surface area contributed by atoms with E-state index < -0.39 is 0 Å². The van der Waals surface area contributed by atoms with Crippen LogP contribution in [-0.4, -0.2) is 0 Å². The molecule has 0 radical (unpaired) electrons. The van der Waals surface area contributed by atoms with Crippen LogP contribution >= 0.6 is 0 Å². The van der Waals surface area contributed by atoms with Crippen LogP contribution in [-0.2, 0) is 0 Å². The summed E-state index contributed by atoms with van der Waals surface area (Å²) in [5.74, 6) is 0.863. The second kappa shape index (κ2) is 12.5. The fourth-order valence-electron chi connectivity index (χ4n) is 7.63. The predicted molar refractivity (Wildman–Crippen MR) is 220 cm³/mol. The number of furan rings is 1. The van der Waals surface area contributed by atoms with Crippen molar-refractivity contribution < 1.29 is 4.42 Å². The van der Waals surface area contributed by atoms with Gasteiger partial charge in [0.2, 0.25) is 0 Å². The molecule has 0 unspecified atom stereocenters. The molecule has 2 heteroatoms. The van der Waals surface area contributed by atoms with E-state index in [1.807, 2.05) is 0 Å². The summed E-state index contributed by atoms with van der Waals surface area (Å²) in [6, 6.07) is 71.5. The van der Waals surface area contributed by atoms with Crippen LogP contribution in [0.25, 0.3) is 76.9 Å². The normalized spacial score (nSPS) is 11.5. The van der Waals surface area contributed by atoms with E-state index in [-0.39, 0.29) is 0 Å². The predicted octanol–water partition coefficient (Wildman–Crippen LogP) is 14.4. The number of hydrogen-bond donors (Lipinski definition) is 0. The average Bonchev–Trinajstić information content (AvgIpc) is 3.68. The van der Waals surface area contributed by atoms with E-state index in [0.717, 1.165) is 44.7 Å². The lowest BCUT2D eigenvalue weighted by molar-refractivity contribution is 0.635. The van der Waals surface area contributed by atoms with Gasteiger partial charge in [0.25, 0.3) is 0 Å². The first-order chi connectivity index (χ1) is 25.8. The van der Waals surface area contributed by atoms with E-state index in [1.165, 1.54) is 49.2 Å². The first-order valence-electron chi connectivity index (χ1n) is 17.8. The Morgan fingerprint density at radius 2 is 0.731 bits per heavy atom. The van der Waals surface area contributed by atoms with Crippen molar-refractivity contribution >= 4 is 60.3 Å². The molecule has 0 N–H and O–H groups in total. The van der Waals surface area contributed by atoms with Crippen LogP contribution in [0.4, 0.5) is 17.1 Å². The zero-order chi connectivity index (χ0) is 34.4. The van der Waals surface area contributed by atoms with E-state index >= 15 is 0 Å². The van der Waals surface area contributed by atoms with Gasteiger partial charge >= 0.3 is 0 Å². The van der Waals surface area contributed by atoms with Crippen molar-refractivity contribution in [3.63, 3.8) is 0 Å². The highest BCUT2D eigenvalue weighted by molar-refractivity contribution is 6.24. The van der Waals surface area contributed by atoms with E-state index in [0.29, 0.717) is 0 Å². The summed E-state index contributed by atoms with van der Waals surface area (Å²) < 4.78 is 6.67. The first kappa shape index (κ1) is 30.0. The largest absolute Gasteiger partial charge is 0.455 e. The maximum atomic E-state index is 6.67. The van der Waals surface area contributed by atoms with Crippen molar-refractivity contribution in [1.82, 2.24) is 0 Å². The van der Waals surface area contributed by atoms with Gasteiger partial charge in [0.15, 0.2) is 0 Å². The summed E-state index contributed by atoms with van der Waals surface area (Å²) in [5, 5.41) is 8.43. The number of anilines is 3. The van der Waals surface area contributed by atoms with Gasteiger partial charge in [-0.2, -0.15) is 0 Å². The quantitative estimate of drug-likeness (QED) is 0.165. The van der Waals surface area contributed by atoms with Crippen LogP contribution in [0, 0.1) is 0 Å². The maximum absolute atomic E-state index is 6.67. The third kappa shape index (κ3) is 5.21. The molecular weight excluding hydrogens is 631 g/mol. The smallest absolute Gasteiger partial charge is 0.143 e. The fraction of sp³-hybridized carbons (Fsp3) is 0. The highest BCUT2D eigenvalue weighted by atomic mass is 16.3. The number of benzene rings is 9. The molecule has 1 aromatic heterocycles. The second-order valence-electron chi connectivity index (χ2n) is 13.3. The Balaban J connectivity index is 1.05. The molecule has 1 heterocycles. The Labute approximate surface area is 302 Å². The Hall–Kier alpha value is -6.90.